The number of carbonyl (C=O) groups is 1. The van der Waals surface area contributed by atoms with Crippen molar-refractivity contribution in [3.8, 4) is 10.4 Å². The maximum atomic E-state index is 13.1. The molecule has 7 heteroatoms. The van der Waals surface area contributed by atoms with Gasteiger partial charge in [0.05, 0.1) is 21.1 Å². The fourth-order valence-corrected chi connectivity index (χ4v) is 3.31. The molecule has 0 saturated heterocycles. The Balaban J connectivity index is 1.97. The maximum Gasteiger partial charge on any atom is 0.418 e. The summed E-state index contributed by atoms with van der Waals surface area (Å²) in [5.74, 6) is -0.667. The lowest BCUT2D eigenvalue weighted by atomic mass is 10.1. The molecule has 0 aliphatic heterocycles. The number of rotatable bonds is 3. The lowest BCUT2D eigenvalue weighted by Crippen LogP contribution is -2.17. The summed E-state index contributed by atoms with van der Waals surface area (Å²) in [5.41, 5.74) is -0.269. The second kappa shape index (κ2) is 6.68. The molecule has 128 valence electrons. The highest BCUT2D eigenvalue weighted by Crippen LogP contribution is 2.35. The van der Waals surface area contributed by atoms with Crippen molar-refractivity contribution in [1.82, 2.24) is 4.98 Å². The van der Waals surface area contributed by atoms with Crippen molar-refractivity contribution in [2.24, 2.45) is 0 Å². The molecule has 1 amide bonds. The summed E-state index contributed by atoms with van der Waals surface area (Å²) in [6, 6.07) is 14.0. The van der Waals surface area contributed by atoms with Crippen molar-refractivity contribution < 1.29 is 18.0 Å². The van der Waals surface area contributed by atoms with E-state index >= 15 is 0 Å². The Labute approximate surface area is 146 Å². The fourth-order valence-electron chi connectivity index (χ4n) is 2.39. The number of hydrogen-bond acceptors (Lipinski definition) is 3. The summed E-state index contributed by atoms with van der Waals surface area (Å²) >= 11 is 1.32. The van der Waals surface area contributed by atoms with Gasteiger partial charge < -0.3 is 5.32 Å². The minimum atomic E-state index is -4.55. The molecule has 0 aliphatic rings. The molecule has 0 fully saturated rings. The first-order valence-corrected chi connectivity index (χ1v) is 8.18. The third kappa shape index (κ3) is 3.71. The number of carbonyl (C=O) groups excluding carboxylic acids is 1. The van der Waals surface area contributed by atoms with Gasteiger partial charge in [-0.25, -0.2) is 4.98 Å². The summed E-state index contributed by atoms with van der Waals surface area (Å²) < 4.78 is 39.3. The lowest BCUT2D eigenvalue weighted by molar-refractivity contribution is -0.136. The monoisotopic (exact) mass is 362 g/mol. The molecule has 25 heavy (non-hydrogen) atoms. The molecule has 1 heterocycles. The molecule has 1 aromatic heterocycles. The molecule has 0 saturated carbocycles. The van der Waals surface area contributed by atoms with E-state index in [2.05, 4.69) is 10.3 Å². The van der Waals surface area contributed by atoms with Gasteiger partial charge in [0.25, 0.3) is 5.91 Å². The zero-order valence-corrected chi connectivity index (χ0v) is 13.9. The number of thiazole rings is 1. The van der Waals surface area contributed by atoms with Crippen molar-refractivity contribution in [2.45, 2.75) is 13.1 Å². The highest BCUT2D eigenvalue weighted by atomic mass is 32.1. The van der Waals surface area contributed by atoms with Crippen LogP contribution in [0.15, 0.2) is 54.6 Å². The van der Waals surface area contributed by atoms with E-state index in [1.54, 1.807) is 6.92 Å². The minimum Gasteiger partial charge on any atom is -0.320 e. The van der Waals surface area contributed by atoms with Crippen LogP contribution in [0.5, 0.6) is 0 Å². The fraction of sp³-hybridized carbons (Fsp3) is 0.111. The van der Waals surface area contributed by atoms with Gasteiger partial charge >= 0.3 is 6.18 Å². The van der Waals surface area contributed by atoms with Gasteiger partial charge in [0.15, 0.2) is 0 Å². The molecule has 0 unspecified atom stereocenters. The van der Waals surface area contributed by atoms with E-state index in [0.29, 0.717) is 9.88 Å². The van der Waals surface area contributed by atoms with Crippen LogP contribution in [0.25, 0.3) is 10.4 Å². The SMILES string of the molecule is Cc1nc(C(=O)Nc2ccccc2C(F)(F)F)c(-c2ccccc2)s1. The van der Waals surface area contributed by atoms with Gasteiger partial charge in [0, 0.05) is 0 Å². The van der Waals surface area contributed by atoms with Gasteiger partial charge in [-0.15, -0.1) is 11.3 Å². The van der Waals surface area contributed by atoms with E-state index < -0.39 is 17.6 Å². The molecule has 1 N–H and O–H groups in total. The van der Waals surface area contributed by atoms with Gasteiger partial charge in [-0.05, 0) is 24.6 Å². The summed E-state index contributed by atoms with van der Waals surface area (Å²) in [6.07, 6.45) is -4.55. The topological polar surface area (TPSA) is 42.0 Å². The molecular weight excluding hydrogens is 349 g/mol. The molecule has 0 aliphatic carbocycles. The summed E-state index contributed by atoms with van der Waals surface area (Å²) in [7, 11) is 0. The van der Waals surface area contributed by atoms with Gasteiger partial charge in [-0.1, -0.05) is 42.5 Å². The number of nitrogens with one attached hydrogen (secondary N) is 1. The Morgan fingerprint density at radius 1 is 1.04 bits per heavy atom. The summed E-state index contributed by atoms with van der Waals surface area (Å²) in [4.78, 5) is 17.4. The predicted molar refractivity (Wildman–Crippen MR) is 91.7 cm³/mol. The Bertz CT molecular complexity index is 904. The number of nitrogens with zero attached hydrogens (tertiary/aromatic N) is 1. The third-order valence-electron chi connectivity index (χ3n) is 3.47. The molecule has 0 spiro atoms. The number of aromatic nitrogens is 1. The average molecular weight is 362 g/mol. The maximum absolute atomic E-state index is 13.1. The molecule has 0 radical (unpaired) electrons. The van der Waals surface area contributed by atoms with Crippen LogP contribution in [0.2, 0.25) is 0 Å². The zero-order valence-electron chi connectivity index (χ0n) is 13.1. The van der Waals surface area contributed by atoms with E-state index in [0.717, 1.165) is 11.6 Å². The van der Waals surface area contributed by atoms with Crippen molar-refractivity contribution >= 4 is 22.9 Å². The van der Waals surface area contributed by atoms with E-state index in [4.69, 9.17) is 0 Å². The molecule has 2 aromatic carbocycles. The van der Waals surface area contributed by atoms with Crippen LogP contribution in [-0.4, -0.2) is 10.9 Å². The lowest BCUT2D eigenvalue weighted by Gasteiger charge is -2.13. The number of aryl methyl sites for hydroxylation is 1. The second-order valence-corrected chi connectivity index (χ2v) is 6.48. The Hall–Kier alpha value is -2.67. The van der Waals surface area contributed by atoms with E-state index in [1.807, 2.05) is 30.3 Å². The smallest absolute Gasteiger partial charge is 0.320 e. The van der Waals surface area contributed by atoms with Crippen molar-refractivity contribution in [3.63, 3.8) is 0 Å². The van der Waals surface area contributed by atoms with Crippen LogP contribution >= 0.6 is 11.3 Å². The Morgan fingerprint density at radius 3 is 2.36 bits per heavy atom. The van der Waals surface area contributed by atoms with Crippen molar-refractivity contribution in [2.75, 3.05) is 5.32 Å². The molecule has 3 aromatic rings. The first kappa shape index (κ1) is 17.2. The molecule has 0 atom stereocenters. The molecule has 3 rings (SSSR count). The number of benzene rings is 2. The average Bonchev–Trinajstić information content (AvgIpc) is 2.97. The summed E-state index contributed by atoms with van der Waals surface area (Å²) in [6.45, 7) is 1.75. The number of para-hydroxylation sites is 1. The number of alkyl halides is 3. The second-order valence-electron chi connectivity index (χ2n) is 5.27. The van der Waals surface area contributed by atoms with Crippen LogP contribution in [0.4, 0.5) is 18.9 Å². The molecule has 3 nitrogen and oxygen atoms in total. The number of anilines is 1. The van der Waals surface area contributed by atoms with Crippen molar-refractivity contribution in [1.29, 1.82) is 0 Å². The normalized spacial score (nSPS) is 11.4. The van der Waals surface area contributed by atoms with Crippen LogP contribution in [0, 0.1) is 6.92 Å². The molecule has 0 bridgehead atoms. The van der Waals surface area contributed by atoms with Crippen LogP contribution in [0.3, 0.4) is 0 Å². The van der Waals surface area contributed by atoms with Crippen LogP contribution < -0.4 is 5.32 Å². The number of hydrogen-bond donors (Lipinski definition) is 1. The number of amides is 1. The highest BCUT2D eigenvalue weighted by molar-refractivity contribution is 7.15. The van der Waals surface area contributed by atoms with E-state index in [-0.39, 0.29) is 11.4 Å². The van der Waals surface area contributed by atoms with Gasteiger partial charge in [0.2, 0.25) is 0 Å². The number of halogens is 3. The van der Waals surface area contributed by atoms with Gasteiger partial charge in [-0.2, -0.15) is 13.2 Å². The predicted octanol–water partition coefficient (Wildman–Crippen LogP) is 5.39. The van der Waals surface area contributed by atoms with Gasteiger partial charge in [-0.3, -0.25) is 4.79 Å². The standard InChI is InChI=1S/C18H13F3N2OS/c1-11-22-15(16(25-11)12-7-3-2-4-8-12)17(24)23-14-10-6-5-9-13(14)18(19,20)21/h2-10H,1H3,(H,23,24). The first-order valence-electron chi connectivity index (χ1n) is 7.36. The highest BCUT2D eigenvalue weighted by Gasteiger charge is 2.34. The first-order chi connectivity index (χ1) is 11.9. The third-order valence-corrected chi connectivity index (χ3v) is 4.49. The van der Waals surface area contributed by atoms with E-state index in [1.165, 1.54) is 29.5 Å². The minimum absolute atomic E-state index is 0.116. The zero-order chi connectivity index (χ0) is 18.0. The quantitative estimate of drug-likeness (QED) is 0.679. The van der Waals surface area contributed by atoms with Crippen LogP contribution in [-0.2, 0) is 6.18 Å². The summed E-state index contributed by atoms with van der Waals surface area (Å²) in [5, 5.41) is 3.00. The molecular formula is C18H13F3N2OS. The van der Waals surface area contributed by atoms with E-state index in [9.17, 15) is 18.0 Å². The van der Waals surface area contributed by atoms with Crippen LogP contribution in [0.1, 0.15) is 21.1 Å². The van der Waals surface area contributed by atoms with Gasteiger partial charge in [0.1, 0.15) is 5.69 Å². The largest absolute Gasteiger partial charge is 0.418 e. The Kier molecular flexibility index (Phi) is 4.59. The Morgan fingerprint density at radius 2 is 1.68 bits per heavy atom. The van der Waals surface area contributed by atoms with Crippen molar-refractivity contribution in [3.05, 3.63) is 70.9 Å².